The number of rotatable bonds is 2. The second-order valence-corrected chi connectivity index (χ2v) is 8.27. The highest BCUT2D eigenvalue weighted by molar-refractivity contribution is 7.26. The molecule has 1 heterocycles. The van der Waals surface area contributed by atoms with E-state index in [0.29, 0.717) is 5.92 Å². The summed E-state index contributed by atoms with van der Waals surface area (Å²) in [6.07, 6.45) is 0. The Balaban J connectivity index is 1.86. The molecular weight excluding hydrogens is 332 g/mol. The van der Waals surface area contributed by atoms with Gasteiger partial charge in [-0.1, -0.05) is 86.6 Å². The van der Waals surface area contributed by atoms with Crippen molar-refractivity contribution in [2.75, 3.05) is 0 Å². The van der Waals surface area contributed by atoms with Crippen LogP contribution in [0.3, 0.4) is 0 Å². The summed E-state index contributed by atoms with van der Waals surface area (Å²) >= 11 is 1.90. The molecule has 0 radical (unpaired) electrons. The van der Waals surface area contributed by atoms with Crippen LogP contribution in [0, 0.1) is 0 Å². The predicted molar refractivity (Wildman–Crippen MR) is 116 cm³/mol. The third-order valence-corrected chi connectivity index (χ3v) is 6.49. The van der Waals surface area contributed by atoms with E-state index in [4.69, 9.17) is 0 Å². The van der Waals surface area contributed by atoms with Crippen molar-refractivity contribution in [2.45, 2.75) is 19.8 Å². The van der Waals surface area contributed by atoms with Crippen molar-refractivity contribution in [3.63, 3.8) is 0 Å². The summed E-state index contributed by atoms with van der Waals surface area (Å²) in [5.41, 5.74) is 4.07. The Bertz CT molecular complexity index is 1260. The fourth-order valence-electron chi connectivity index (χ4n) is 3.84. The van der Waals surface area contributed by atoms with E-state index in [2.05, 4.69) is 92.7 Å². The number of hydrogen-bond acceptors (Lipinski definition) is 1. The molecule has 0 saturated heterocycles. The molecule has 1 aromatic heterocycles. The van der Waals surface area contributed by atoms with Gasteiger partial charge in [-0.2, -0.15) is 0 Å². The average Bonchev–Trinajstić information content (AvgIpc) is 3.06. The van der Waals surface area contributed by atoms with Crippen LogP contribution in [0.25, 0.3) is 42.1 Å². The van der Waals surface area contributed by atoms with Crippen molar-refractivity contribution in [1.82, 2.24) is 0 Å². The molecule has 5 rings (SSSR count). The Hall–Kier alpha value is -2.64. The van der Waals surface area contributed by atoms with Gasteiger partial charge in [-0.15, -0.1) is 11.3 Å². The largest absolute Gasteiger partial charge is 0.135 e. The zero-order valence-corrected chi connectivity index (χ0v) is 15.8. The van der Waals surface area contributed by atoms with E-state index < -0.39 is 0 Å². The minimum atomic E-state index is 0.535. The maximum atomic E-state index is 2.38. The van der Waals surface area contributed by atoms with Gasteiger partial charge in [-0.05, 0) is 33.9 Å². The number of benzene rings is 4. The van der Waals surface area contributed by atoms with Crippen LogP contribution in [0.2, 0.25) is 0 Å². The molecule has 0 nitrogen and oxygen atoms in total. The van der Waals surface area contributed by atoms with Crippen molar-refractivity contribution in [2.24, 2.45) is 0 Å². The van der Waals surface area contributed by atoms with E-state index in [9.17, 15) is 0 Å². The topological polar surface area (TPSA) is 0 Å². The molecule has 0 N–H and O–H groups in total. The van der Waals surface area contributed by atoms with Gasteiger partial charge in [0.1, 0.15) is 0 Å². The summed E-state index contributed by atoms with van der Waals surface area (Å²) in [6, 6.07) is 29.0. The minimum Gasteiger partial charge on any atom is -0.135 e. The number of fused-ring (bicyclic) bond motifs is 4. The lowest BCUT2D eigenvalue weighted by atomic mass is 9.93. The monoisotopic (exact) mass is 352 g/mol. The maximum Gasteiger partial charge on any atom is 0.0434 e. The second-order valence-electron chi connectivity index (χ2n) is 7.22. The lowest BCUT2D eigenvalue weighted by Crippen LogP contribution is -1.88. The third-order valence-electron chi connectivity index (χ3n) is 5.27. The lowest BCUT2D eigenvalue weighted by molar-refractivity contribution is 0.869. The summed E-state index contributed by atoms with van der Waals surface area (Å²) in [4.78, 5) is 0. The Morgan fingerprint density at radius 2 is 1.42 bits per heavy atom. The van der Waals surface area contributed by atoms with Gasteiger partial charge in [-0.25, -0.2) is 0 Å². The van der Waals surface area contributed by atoms with Crippen molar-refractivity contribution < 1.29 is 0 Å². The molecule has 126 valence electrons. The van der Waals surface area contributed by atoms with Gasteiger partial charge in [0.2, 0.25) is 0 Å². The Morgan fingerprint density at radius 3 is 2.31 bits per heavy atom. The second kappa shape index (κ2) is 5.96. The molecular formula is C25H20S. The molecule has 1 heteroatoms. The molecule has 0 aliphatic heterocycles. The maximum absolute atomic E-state index is 2.38. The van der Waals surface area contributed by atoms with Crippen molar-refractivity contribution in [1.29, 1.82) is 0 Å². The molecule has 0 aliphatic rings. The fraction of sp³-hybridized carbons (Fsp3) is 0.120. The standard InChI is InChI=1S/C25H20S/c1-16(2)18-14-13-17-7-5-9-19(23(17)15-18)21-10-6-11-22-20-8-3-4-12-24(20)26-25(21)22/h3-16H,1-2H3. The predicted octanol–water partition coefficient (Wildman–Crippen LogP) is 8.00. The molecule has 0 aliphatic carbocycles. The molecule has 26 heavy (non-hydrogen) atoms. The first-order chi connectivity index (χ1) is 12.7. The first-order valence-corrected chi connectivity index (χ1v) is 9.97. The van der Waals surface area contributed by atoms with Crippen LogP contribution in [0.1, 0.15) is 25.3 Å². The Labute approximate surface area is 157 Å². The SMILES string of the molecule is CC(C)c1ccc2cccc(-c3cccc4c3sc3ccccc34)c2c1. The van der Waals surface area contributed by atoms with Crippen LogP contribution >= 0.6 is 11.3 Å². The lowest BCUT2D eigenvalue weighted by Gasteiger charge is -2.12. The van der Waals surface area contributed by atoms with Crippen molar-refractivity contribution in [3.05, 3.63) is 84.4 Å². The fourth-order valence-corrected chi connectivity index (χ4v) is 5.07. The van der Waals surface area contributed by atoms with Crippen LogP contribution in [-0.2, 0) is 0 Å². The molecule has 4 aromatic carbocycles. The van der Waals surface area contributed by atoms with Gasteiger partial charge in [0, 0.05) is 25.7 Å². The molecule has 0 unspecified atom stereocenters. The minimum absolute atomic E-state index is 0.535. The van der Waals surface area contributed by atoms with E-state index in [1.54, 1.807) is 0 Å². The van der Waals surface area contributed by atoms with Gasteiger partial charge in [0.15, 0.2) is 0 Å². The summed E-state index contributed by atoms with van der Waals surface area (Å²) in [5.74, 6) is 0.535. The molecule has 0 bridgehead atoms. The average molecular weight is 353 g/mol. The quantitative estimate of drug-likeness (QED) is 0.302. The number of thiophene rings is 1. The van der Waals surface area contributed by atoms with Gasteiger partial charge >= 0.3 is 0 Å². The first-order valence-electron chi connectivity index (χ1n) is 9.16. The van der Waals surface area contributed by atoms with Crippen molar-refractivity contribution in [3.8, 4) is 11.1 Å². The molecule has 5 aromatic rings. The first kappa shape index (κ1) is 15.6. The van der Waals surface area contributed by atoms with Crippen LogP contribution < -0.4 is 0 Å². The smallest absolute Gasteiger partial charge is 0.0434 e. The molecule has 0 amide bonds. The van der Waals surface area contributed by atoms with Crippen molar-refractivity contribution >= 4 is 42.3 Å². The van der Waals surface area contributed by atoms with Crippen LogP contribution in [0.5, 0.6) is 0 Å². The summed E-state index contributed by atoms with van der Waals surface area (Å²) < 4.78 is 2.74. The highest BCUT2D eigenvalue weighted by atomic mass is 32.1. The van der Waals surface area contributed by atoms with Crippen LogP contribution in [0.4, 0.5) is 0 Å². The molecule has 0 saturated carbocycles. The van der Waals surface area contributed by atoms with Crippen LogP contribution in [-0.4, -0.2) is 0 Å². The highest BCUT2D eigenvalue weighted by Crippen LogP contribution is 2.41. The van der Waals surface area contributed by atoms with E-state index in [1.807, 2.05) is 11.3 Å². The van der Waals surface area contributed by atoms with Gasteiger partial charge in [0.05, 0.1) is 0 Å². The molecule has 0 fully saturated rings. The Kier molecular flexibility index (Phi) is 3.58. The summed E-state index contributed by atoms with van der Waals surface area (Å²) in [7, 11) is 0. The third kappa shape index (κ3) is 2.35. The summed E-state index contributed by atoms with van der Waals surface area (Å²) in [5, 5.41) is 5.38. The van der Waals surface area contributed by atoms with Crippen LogP contribution in [0.15, 0.2) is 78.9 Å². The summed E-state index contributed by atoms with van der Waals surface area (Å²) in [6.45, 7) is 4.52. The van der Waals surface area contributed by atoms with E-state index in [1.165, 1.54) is 47.6 Å². The molecule has 0 atom stereocenters. The Morgan fingerprint density at radius 1 is 0.654 bits per heavy atom. The highest BCUT2D eigenvalue weighted by Gasteiger charge is 2.12. The van der Waals surface area contributed by atoms with E-state index >= 15 is 0 Å². The van der Waals surface area contributed by atoms with E-state index in [0.717, 1.165) is 0 Å². The number of hydrogen-bond donors (Lipinski definition) is 0. The normalized spacial score (nSPS) is 11.8. The van der Waals surface area contributed by atoms with Gasteiger partial charge in [-0.3, -0.25) is 0 Å². The zero-order valence-electron chi connectivity index (χ0n) is 15.0. The van der Waals surface area contributed by atoms with E-state index in [-0.39, 0.29) is 0 Å². The molecule has 0 spiro atoms. The van der Waals surface area contributed by atoms with Gasteiger partial charge in [0.25, 0.3) is 0 Å². The zero-order chi connectivity index (χ0) is 17.7. The van der Waals surface area contributed by atoms with Gasteiger partial charge < -0.3 is 0 Å².